The van der Waals surface area contributed by atoms with E-state index in [2.05, 4.69) is 29.5 Å². The Hall–Kier alpha value is -2.96. The highest BCUT2D eigenvalue weighted by molar-refractivity contribution is 7.89. The molecule has 0 fully saturated rings. The number of sulfonamides is 1. The van der Waals surface area contributed by atoms with Crippen molar-refractivity contribution in [2.75, 3.05) is 18.0 Å². The number of aryl methyl sites for hydroxylation is 1. The summed E-state index contributed by atoms with van der Waals surface area (Å²) < 4.78 is 30.5. The van der Waals surface area contributed by atoms with E-state index in [0.29, 0.717) is 6.54 Å². The zero-order chi connectivity index (χ0) is 22.6. The number of rotatable bonds is 4. The van der Waals surface area contributed by atoms with Crippen molar-refractivity contribution >= 4 is 21.5 Å². The van der Waals surface area contributed by atoms with Gasteiger partial charge in [0.2, 0.25) is 10.0 Å². The predicted molar refractivity (Wildman–Crippen MR) is 129 cm³/mol. The van der Waals surface area contributed by atoms with Crippen LogP contribution >= 0.6 is 0 Å². The van der Waals surface area contributed by atoms with Gasteiger partial charge in [-0.1, -0.05) is 80.1 Å². The zero-order valence-corrected chi connectivity index (χ0v) is 19.4. The van der Waals surface area contributed by atoms with E-state index < -0.39 is 15.6 Å². The van der Waals surface area contributed by atoms with Crippen molar-refractivity contribution in [2.45, 2.75) is 31.2 Å². The molecule has 0 aromatic heterocycles. The van der Waals surface area contributed by atoms with Gasteiger partial charge in [0.25, 0.3) is 0 Å². The van der Waals surface area contributed by atoms with Crippen molar-refractivity contribution in [2.24, 2.45) is 10.4 Å². The smallest absolute Gasteiger partial charge is 0.242 e. The monoisotopic (exact) mass is 445 g/mol. The molecule has 1 unspecified atom stereocenters. The molecule has 2 aliphatic heterocycles. The largest absolute Gasteiger partial charge is 0.327 e. The lowest BCUT2D eigenvalue weighted by molar-refractivity contribution is 0.378. The fourth-order valence-corrected chi connectivity index (χ4v) is 6.04. The first kappa shape index (κ1) is 20.9. The molecule has 6 heteroatoms. The van der Waals surface area contributed by atoms with Crippen LogP contribution in [0.2, 0.25) is 0 Å². The highest BCUT2D eigenvalue weighted by Crippen LogP contribution is 2.48. The van der Waals surface area contributed by atoms with Gasteiger partial charge in [-0.15, -0.1) is 0 Å². The van der Waals surface area contributed by atoms with E-state index in [1.807, 2.05) is 67.6 Å². The molecule has 5 nitrogen and oxygen atoms in total. The Balaban J connectivity index is 1.77. The molecule has 164 valence electrons. The minimum atomic E-state index is -3.85. The predicted octanol–water partition coefficient (Wildman–Crippen LogP) is 4.48. The maximum absolute atomic E-state index is 13.7. The zero-order valence-electron chi connectivity index (χ0n) is 18.5. The third-order valence-electron chi connectivity index (χ3n) is 6.26. The lowest BCUT2D eigenvalue weighted by atomic mass is 9.83. The topological polar surface area (TPSA) is 61.8 Å². The molecule has 0 saturated heterocycles. The Morgan fingerprint density at radius 3 is 2.28 bits per heavy atom. The molecular formula is C26H27N3O2S. The van der Waals surface area contributed by atoms with Crippen molar-refractivity contribution < 1.29 is 8.42 Å². The number of para-hydroxylation sites is 1. The standard InChI is InChI=1S/C26H27N3O2S/c1-19-13-15-21(16-14-19)32(30,31)28-26(20-9-5-4-6-10-20)22-11-7-8-12-23(22)29-18-25(2,3)17-27-24(26)29/h4-16,28H,17-18H2,1-3H3. The van der Waals surface area contributed by atoms with Crippen molar-refractivity contribution in [1.82, 2.24) is 4.72 Å². The van der Waals surface area contributed by atoms with Crippen LogP contribution < -0.4 is 9.62 Å². The number of nitrogens with zero attached hydrogens (tertiary/aromatic N) is 2. The van der Waals surface area contributed by atoms with E-state index in [0.717, 1.165) is 34.8 Å². The lowest BCUT2D eigenvalue weighted by Crippen LogP contribution is -2.56. The summed E-state index contributed by atoms with van der Waals surface area (Å²) in [5, 5.41) is 0. The van der Waals surface area contributed by atoms with Gasteiger partial charge in [0.05, 0.1) is 4.90 Å². The first-order chi connectivity index (χ1) is 15.2. The second-order valence-corrected chi connectivity index (χ2v) is 11.1. The van der Waals surface area contributed by atoms with Crippen molar-refractivity contribution in [3.63, 3.8) is 0 Å². The van der Waals surface area contributed by atoms with Gasteiger partial charge in [0, 0.05) is 29.8 Å². The molecule has 32 heavy (non-hydrogen) atoms. The number of hydrogen-bond donors (Lipinski definition) is 1. The van der Waals surface area contributed by atoms with Crippen LogP contribution in [0, 0.1) is 12.3 Å². The van der Waals surface area contributed by atoms with Gasteiger partial charge in [0.1, 0.15) is 11.4 Å². The summed E-state index contributed by atoms with van der Waals surface area (Å²) in [7, 11) is -3.85. The van der Waals surface area contributed by atoms with Crippen molar-refractivity contribution in [3.05, 3.63) is 95.6 Å². The van der Waals surface area contributed by atoms with Crippen molar-refractivity contribution in [1.29, 1.82) is 0 Å². The molecule has 0 saturated carbocycles. The third-order valence-corrected chi connectivity index (χ3v) is 7.73. The maximum Gasteiger partial charge on any atom is 0.242 e. The number of nitrogens with one attached hydrogen (secondary N) is 1. The summed E-state index contributed by atoms with van der Waals surface area (Å²) in [6.45, 7) is 7.72. The SMILES string of the molecule is Cc1ccc(S(=O)(=O)NC2(c3ccccc3)C3=NCC(C)(C)CN3c3ccccc32)cc1. The van der Waals surface area contributed by atoms with Gasteiger partial charge in [-0.25, -0.2) is 8.42 Å². The second kappa shape index (κ2) is 7.29. The number of hydrogen-bond acceptors (Lipinski definition) is 4. The normalized spacial score (nSPS) is 21.6. The third kappa shape index (κ3) is 3.26. The maximum atomic E-state index is 13.7. The number of benzene rings is 3. The molecule has 0 radical (unpaired) electrons. The Bertz CT molecular complexity index is 1300. The molecule has 1 N–H and O–H groups in total. The second-order valence-electron chi connectivity index (χ2n) is 9.44. The molecule has 2 aliphatic rings. The average Bonchev–Trinajstić information content (AvgIpc) is 3.03. The Kier molecular flexibility index (Phi) is 4.76. The van der Waals surface area contributed by atoms with Crippen LogP contribution in [0.5, 0.6) is 0 Å². The summed E-state index contributed by atoms with van der Waals surface area (Å²) in [4.78, 5) is 7.42. The summed E-state index contributed by atoms with van der Waals surface area (Å²) in [6, 6.07) is 24.7. The highest BCUT2D eigenvalue weighted by Gasteiger charge is 2.54. The summed E-state index contributed by atoms with van der Waals surface area (Å²) in [6.07, 6.45) is 0. The van der Waals surface area contributed by atoms with E-state index in [-0.39, 0.29) is 10.3 Å². The number of anilines is 1. The average molecular weight is 446 g/mol. The van der Waals surface area contributed by atoms with Gasteiger partial charge in [0.15, 0.2) is 0 Å². The molecule has 0 bridgehead atoms. The molecule has 5 rings (SSSR count). The molecule has 1 atom stereocenters. The summed E-state index contributed by atoms with van der Waals surface area (Å²) in [5.41, 5.74) is 2.65. The Morgan fingerprint density at radius 1 is 0.906 bits per heavy atom. The van der Waals surface area contributed by atoms with Gasteiger partial charge < -0.3 is 4.90 Å². The Morgan fingerprint density at radius 2 is 1.56 bits per heavy atom. The van der Waals surface area contributed by atoms with Crippen LogP contribution in [-0.4, -0.2) is 27.3 Å². The van der Waals surface area contributed by atoms with Crippen LogP contribution in [0.1, 0.15) is 30.5 Å². The molecule has 0 aliphatic carbocycles. The number of amidine groups is 1. The quantitative estimate of drug-likeness (QED) is 0.644. The highest BCUT2D eigenvalue weighted by atomic mass is 32.2. The first-order valence-electron chi connectivity index (χ1n) is 10.8. The van der Waals surface area contributed by atoms with E-state index in [1.165, 1.54) is 0 Å². The van der Waals surface area contributed by atoms with Gasteiger partial charge in [-0.2, -0.15) is 4.72 Å². The molecule has 3 aromatic carbocycles. The van der Waals surface area contributed by atoms with Crippen LogP contribution in [0.25, 0.3) is 0 Å². The van der Waals surface area contributed by atoms with Crippen LogP contribution in [-0.2, 0) is 15.6 Å². The first-order valence-corrected chi connectivity index (χ1v) is 12.3. The molecule has 2 heterocycles. The molecule has 3 aromatic rings. The summed E-state index contributed by atoms with van der Waals surface area (Å²) >= 11 is 0. The van der Waals surface area contributed by atoms with Crippen LogP contribution in [0.15, 0.2) is 88.8 Å². The summed E-state index contributed by atoms with van der Waals surface area (Å²) in [5.74, 6) is 0.736. The fourth-order valence-electron chi connectivity index (χ4n) is 4.70. The van der Waals surface area contributed by atoms with E-state index in [4.69, 9.17) is 4.99 Å². The van der Waals surface area contributed by atoms with E-state index in [1.54, 1.807) is 12.1 Å². The van der Waals surface area contributed by atoms with Gasteiger partial charge in [-0.3, -0.25) is 4.99 Å². The molecule has 0 spiro atoms. The van der Waals surface area contributed by atoms with Gasteiger partial charge >= 0.3 is 0 Å². The van der Waals surface area contributed by atoms with E-state index >= 15 is 0 Å². The number of aliphatic imine (C=N–C) groups is 1. The van der Waals surface area contributed by atoms with Crippen molar-refractivity contribution in [3.8, 4) is 0 Å². The fraction of sp³-hybridized carbons (Fsp3) is 0.269. The lowest BCUT2D eigenvalue weighted by Gasteiger charge is -2.40. The Labute approximate surface area is 189 Å². The van der Waals surface area contributed by atoms with E-state index in [9.17, 15) is 8.42 Å². The molecule has 0 amide bonds. The molecular weight excluding hydrogens is 418 g/mol. The minimum absolute atomic E-state index is 0.0147. The number of fused-ring (bicyclic) bond motifs is 3. The van der Waals surface area contributed by atoms with Crippen LogP contribution in [0.3, 0.4) is 0 Å². The minimum Gasteiger partial charge on any atom is -0.327 e. The van der Waals surface area contributed by atoms with Gasteiger partial charge in [-0.05, 0) is 30.7 Å². The van der Waals surface area contributed by atoms with Crippen LogP contribution in [0.4, 0.5) is 5.69 Å².